The number of benzene rings is 1. The molecule has 21 heavy (non-hydrogen) atoms. The molecule has 1 N–H and O–H groups in total. The van der Waals surface area contributed by atoms with Crippen LogP contribution in [0.25, 0.3) is 23.0 Å². The van der Waals surface area contributed by atoms with Gasteiger partial charge in [0.15, 0.2) is 6.29 Å². The van der Waals surface area contributed by atoms with Crippen LogP contribution in [0, 0.1) is 0 Å². The maximum Gasteiger partial charge on any atom is 0.262 e. The fourth-order valence-electron chi connectivity index (χ4n) is 1.81. The number of aldehydes is 1. The normalized spacial score (nSPS) is 10.5. The first kappa shape index (κ1) is 13.4. The number of nitrogens with zero attached hydrogens (tertiary/aromatic N) is 3. The molecule has 3 aromatic rings. The summed E-state index contributed by atoms with van der Waals surface area (Å²) in [4.78, 5) is 19.2. The van der Waals surface area contributed by atoms with Crippen LogP contribution in [-0.4, -0.2) is 26.5 Å². The van der Waals surface area contributed by atoms with E-state index in [1.165, 1.54) is 6.07 Å². The molecule has 3 rings (SSSR count). The second kappa shape index (κ2) is 5.45. The van der Waals surface area contributed by atoms with Crippen molar-refractivity contribution in [2.75, 3.05) is 0 Å². The third-order valence-corrected chi connectivity index (χ3v) is 3.46. The number of para-hydroxylation sites is 1. The van der Waals surface area contributed by atoms with Gasteiger partial charge in [0.2, 0.25) is 5.82 Å². The SMILES string of the molecule is O=Cc1cccc(-c2nc(-c3ncccc3Br)no2)c1O. The molecule has 0 fully saturated rings. The van der Waals surface area contributed by atoms with Crippen LogP contribution in [0.15, 0.2) is 45.5 Å². The number of phenols is 1. The Morgan fingerprint density at radius 2 is 2.10 bits per heavy atom. The van der Waals surface area contributed by atoms with Crippen molar-refractivity contribution in [3.63, 3.8) is 0 Å². The molecule has 0 aliphatic heterocycles. The first-order chi connectivity index (χ1) is 10.2. The topological polar surface area (TPSA) is 89.1 Å². The lowest BCUT2D eigenvalue weighted by Crippen LogP contribution is -1.88. The van der Waals surface area contributed by atoms with Crippen molar-refractivity contribution < 1.29 is 14.4 Å². The summed E-state index contributed by atoms with van der Waals surface area (Å²) >= 11 is 3.36. The number of pyridine rings is 1. The molecule has 0 aliphatic carbocycles. The van der Waals surface area contributed by atoms with Gasteiger partial charge < -0.3 is 9.63 Å². The highest BCUT2D eigenvalue weighted by atomic mass is 79.9. The molecule has 104 valence electrons. The largest absolute Gasteiger partial charge is 0.506 e. The average molecular weight is 346 g/mol. The third-order valence-electron chi connectivity index (χ3n) is 2.82. The number of aromatic hydroxyl groups is 1. The fraction of sp³-hybridized carbons (Fsp3) is 0. The Bertz CT molecular complexity index is 817. The molecular weight excluding hydrogens is 338 g/mol. The predicted molar refractivity (Wildman–Crippen MR) is 77.7 cm³/mol. The van der Waals surface area contributed by atoms with Crippen molar-refractivity contribution in [2.45, 2.75) is 0 Å². The molecule has 6 nitrogen and oxygen atoms in total. The van der Waals surface area contributed by atoms with Crippen LogP contribution in [-0.2, 0) is 0 Å². The Kier molecular flexibility index (Phi) is 3.49. The number of rotatable bonds is 3. The highest BCUT2D eigenvalue weighted by molar-refractivity contribution is 9.10. The number of hydrogen-bond acceptors (Lipinski definition) is 6. The molecule has 1 aromatic carbocycles. The lowest BCUT2D eigenvalue weighted by atomic mass is 10.1. The first-order valence-corrected chi connectivity index (χ1v) is 6.72. The van der Waals surface area contributed by atoms with Crippen molar-refractivity contribution in [3.05, 3.63) is 46.6 Å². The summed E-state index contributed by atoms with van der Waals surface area (Å²) in [6.45, 7) is 0. The molecule has 0 atom stereocenters. The molecule has 2 heterocycles. The zero-order chi connectivity index (χ0) is 14.8. The Balaban J connectivity index is 2.07. The lowest BCUT2D eigenvalue weighted by molar-refractivity contribution is 0.112. The number of carbonyl (C=O) groups is 1. The standard InChI is InChI=1S/C14H8BrN3O3/c15-10-5-2-6-16-11(10)13-17-14(21-18-13)9-4-1-3-8(7-19)12(9)20/h1-7,20H. The second-order valence-electron chi connectivity index (χ2n) is 4.12. The van der Waals surface area contributed by atoms with E-state index in [0.717, 1.165) is 4.47 Å². The summed E-state index contributed by atoms with van der Waals surface area (Å²) < 4.78 is 5.87. The number of halogens is 1. The molecule has 0 unspecified atom stereocenters. The molecule has 0 aliphatic rings. The van der Waals surface area contributed by atoms with Crippen LogP contribution in [0.2, 0.25) is 0 Å². The van der Waals surface area contributed by atoms with Gasteiger partial charge in [0.1, 0.15) is 11.4 Å². The van der Waals surface area contributed by atoms with E-state index in [1.807, 2.05) is 6.07 Å². The molecule has 0 bridgehead atoms. The second-order valence-corrected chi connectivity index (χ2v) is 4.97. The van der Waals surface area contributed by atoms with Gasteiger partial charge in [0.05, 0.1) is 11.1 Å². The number of aromatic nitrogens is 3. The quantitative estimate of drug-likeness (QED) is 0.733. The van der Waals surface area contributed by atoms with Crippen LogP contribution in [0.1, 0.15) is 10.4 Å². The summed E-state index contributed by atoms with van der Waals surface area (Å²) in [5.74, 6) is 0.208. The summed E-state index contributed by atoms with van der Waals surface area (Å²) in [5.41, 5.74) is 0.982. The van der Waals surface area contributed by atoms with Gasteiger partial charge in [-0.15, -0.1) is 0 Å². The van der Waals surface area contributed by atoms with E-state index in [1.54, 1.807) is 24.4 Å². The molecule has 0 amide bonds. The molecular formula is C14H8BrN3O3. The number of hydrogen-bond donors (Lipinski definition) is 1. The van der Waals surface area contributed by atoms with E-state index in [9.17, 15) is 9.90 Å². The van der Waals surface area contributed by atoms with Gasteiger partial charge in [-0.1, -0.05) is 11.2 Å². The number of carbonyl (C=O) groups excluding carboxylic acids is 1. The van der Waals surface area contributed by atoms with Crippen molar-refractivity contribution in [1.29, 1.82) is 0 Å². The van der Waals surface area contributed by atoms with E-state index in [2.05, 4.69) is 31.1 Å². The summed E-state index contributed by atoms with van der Waals surface area (Å²) in [5, 5.41) is 13.8. The van der Waals surface area contributed by atoms with Gasteiger partial charge in [0.25, 0.3) is 5.89 Å². The van der Waals surface area contributed by atoms with Crippen LogP contribution in [0.3, 0.4) is 0 Å². The maximum atomic E-state index is 10.8. The van der Waals surface area contributed by atoms with Gasteiger partial charge in [-0.05, 0) is 40.2 Å². The van der Waals surface area contributed by atoms with Crippen molar-refractivity contribution in [3.8, 4) is 28.7 Å². The van der Waals surface area contributed by atoms with E-state index >= 15 is 0 Å². The third kappa shape index (κ3) is 2.43. The summed E-state index contributed by atoms with van der Waals surface area (Å²) in [7, 11) is 0. The average Bonchev–Trinajstić information content (AvgIpc) is 2.97. The van der Waals surface area contributed by atoms with Crippen molar-refractivity contribution in [1.82, 2.24) is 15.1 Å². The van der Waals surface area contributed by atoms with E-state index in [0.29, 0.717) is 17.5 Å². The molecule has 0 saturated heterocycles. The van der Waals surface area contributed by atoms with E-state index in [4.69, 9.17) is 4.52 Å². The minimum absolute atomic E-state index is 0.115. The van der Waals surface area contributed by atoms with Gasteiger partial charge in [-0.3, -0.25) is 9.78 Å². The van der Waals surface area contributed by atoms with E-state index < -0.39 is 0 Å². The summed E-state index contributed by atoms with van der Waals surface area (Å²) in [6, 6.07) is 8.29. The van der Waals surface area contributed by atoms with Crippen molar-refractivity contribution in [2.24, 2.45) is 0 Å². The maximum absolute atomic E-state index is 10.8. The molecule has 2 aromatic heterocycles. The van der Waals surface area contributed by atoms with Gasteiger partial charge in [-0.25, -0.2) is 0 Å². The first-order valence-electron chi connectivity index (χ1n) is 5.93. The Labute approximate surface area is 127 Å². The zero-order valence-corrected chi connectivity index (χ0v) is 12.1. The Morgan fingerprint density at radius 1 is 1.24 bits per heavy atom. The van der Waals surface area contributed by atoms with Gasteiger partial charge >= 0.3 is 0 Å². The number of phenolic OH excluding ortho intramolecular Hbond substituents is 1. The smallest absolute Gasteiger partial charge is 0.262 e. The Morgan fingerprint density at radius 3 is 2.86 bits per heavy atom. The molecule has 0 spiro atoms. The zero-order valence-electron chi connectivity index (χ0n) is 10.5. The van der Waals surface area contributed by atoms with E-state index in [-0.39, 0.29) is 23.0 Å². The molecule has 0 radical (unpaired) electrons. The van der Waals surface area contributed by atoms with Crippen LogP contribution in [0.5, 0.6) is 5.75 Å². The predicted octanol–water partition coefficient (Wildman–Crippen LogP) is 3.08. The fourth-order valence-corrected chi connectivity index (χ4v) is 2.24. The molecule has 7 heteroatoms. The van der Waals surface area contributed by atoms with Crippen LogP contribution >= 0.6 is 15.9 Å². The van der Waals surface area contributed by atoms with Crippen LogP contribution < -0.4 is 0 Å². The van der Waals surface area contributed by atoms with Gasteiger partial charge in [-0.2, -0.15) is 4.98 Å². The van der Waals surface area contributed by atoms with Crippen LogP contribution in [0.4, 0.5) is 0 Å². The monoisotopic (exact) mass is 345 g/mol. The summed E-state index contributed by atoms with van der Waals surface area (Å²) in [6.07, 6.45) is 2.17. The minimum atomic E-state index is -0.192. The van der Waals surface area contributed by atoms with Crippen molar-refractivity contribution >= 4 is 22.2 Å². The highest BCUT2D eigenvalue weighted by Crippen LogP contribution is 2.32. The van der Waals surface area contributed by atoms with Gasteiger partial charge in [0, 0.05) is 10.7 Å². The lowest BCUT2D eigenvalue weighted by Gasteiger charge is -2.00. The molecule has 0 saturated carbocycles. The highest BCUT2D eigenvalue weighted by Gasteiger charge is 2.17. The minimum Gasteiger partial charge on any atom is -0.506 e. The Hall–Kier alpha value is -2.54.